The quantitative estimate of drug-likeness (QED) is 0.539. The lowest BCUT2D eigenvalue weighted by molar-refractivity contribution is -0.555. The van der Waals surface area contributed by atoms with Gasteiger partial charge in [-0.3, -0.25) is 4.98 Å². The van der Waals surface area contributed by atoms with Gasteiger partial charge in [0.15, 0.2) is 11.2 Å². The van der Waals surface area contributed by atoms with Crippen LogP contribution in [0.2, 0.25) is 0 Å². The molecule has 4 aromatic rings. The Hall–Kier alpha value is -2.95. The first-order valence-electron chi connectivity index (χ1n) is 6.71. The third-order valence-electron chi connectivity index (χ3n) is 3.62. The number of para-hydroxylation sites is 1. The van der Waals surface area contributed by atoms with Crippen LogP contribution in [0, 0.1) is 6.92 Å². The van der Waals surface area contributed by atoms with E-state index < -0.39 is 0 Å². The number of H-pyrrole nitrogens is 1. The first kappa shape index (κ1) is 11.8. The van der Waals surface area contributed by atoms with Crippen LogP contribution in [0.3, 0.4) is 0 Å². The molecule has 0 spiro atoms. The van der Waals surface area contributed by atoms with Crippen LogP contribution in [0.15, 0.2) is 59.5 Å². The molecule has 0 aliphatic rings. The topological polar surface area (TPSA) is 54.8 Å². The maximum Gasteiger partial charge on any atom is 0.406 e. The highest BCUT2D eigenvalue weighted by Crippen LogP contribution is 2.10. The molecule has 0 amide bonds. The van der Waals surface area contributed by atoms with Crippen LogP contribution in [-0.2, 0) is 0 Å². The van der Waals surface area contributed by atoms with Gasteiger partial charge in [0.1, 0.15) is 0 Å². The van der Waals surface area contributed by atoms with Crippen LogP contribution in [0.5, 0.6) is 0 Å². The molecule has 102 valence electrons. The summed E-state index contributed by atoms with van der Waals surface area (Å²) in [7, 11) is 0. The highest BCUT2D eigenvalue weighted by molar-refractivity contribution is 5.76. The minimum absolute atomic E-state index is 0.0913. The highest BCUT2D eigenvalue weighted by Gasteiger charge is 2.18. The van der Waals surface area contributed by atoms with Gasteiger partial charge in [-0.1, -0.05) is 28.1 Å². The van der Waals surface area contributed by atoms with Crippen molar-refractivity contribution in [1.82, 2.24) is 14.9 Å². The largest absolute Gasteiger partial charge is 0.406 e. The molecule has 1 aromatic carbocycles. The molecule has 5 heteroatoms. The Bertz CT molecular complexity index is 1010. The first-order chi connectivity index (χ1) is 10.2. The molecule has 0 aliphatic carbocycles. The van der Waals surface area contributed by atoms with Crippen molar-refractivity contribution >= 4 is 16.4 Å². The zero-order valence-electron chi connectivity index (χ0n) is 11.4. The van der Waals surface area contributed by atoms with Crippen molar-refractivity contribution < 1.29 is 4.52 Å². The van der Waals surface area contributed by atoms with Crippen molar-refractivity contribution in [3.8, 4) is 5.69 Å². The van der Waals surface area contributed by atoms with E-state index in [9.17, 15) is 4.79 Å². The molecular weight excluding hydrogens is 264 g/mol. The maximum absolute atomic E-state index is 12.5. The summed E-state index contributed by atoms with van der Waals surface area (Å²) in [6.07, 6.45) is 1.69. The molecule has 0 atom stereocenters. The standard InChI is InChI=1S/C16H12N4O/c1-11-6-8-13(10-17-11)19-16(21)15-9-7-12-4-2-3-5-14(12)20(15)18-19/h2-10H,1H3/p+1. The molecule has 0 bridgehead atoms. The van der Waals surface area contributed by atoms with Gasteiger partial charge in [0.05, 0.1) is 6.20 Å². The van der Waals surface area contributed by atoms with Gasteiger partial charge >= 0.3 is 5.56 Å². The average molecular weight is 277 g/mol. The predicted octanol–water partition coefficient (Wildman–Crippen LogP) is 1.76. The Morgan fingerprint density at radius 2 is 1.90 bits per heavy atom. The summed E-state index contributed by atoms with van der Waals surface area (Å²) < 4.78 is 3.31. The summed E-state index contributed by atoms with van der Waals surface area (Å²) in [5.41, 5.74) is 3.12. The fourth-order valence-corrected chi connectivity index (χ4v) is 2.51. The molecule has 3 heterocycles. The Kier molecular flexibility index (Phi) is 2.41. The number of hydrogen-bond donors (Lipinski definition) is 1. The summed E-state index contributed by atoms with van der Waals surface area (Å²) in [6, 6.07) is 15.5. The van der Waals surface area contributed by atoms with E-state index in [4.69, 9.17) is 0 Å². The number of aryl methyl sites for hydroxylation is 1. The van der Waals surface area contributed by atoms with E-state index in [1.165, 1.54) is 4.68 Å². The minimum Gasteiger partial charge on any atom is -0.257 e. The molecule has 0 radical (unpaired) electrons. The molecule has 3 aromatic heterocycles. The molecule has 0 saturated carbocycles. The number of hydrogen-bond acceptors (Lipinski definition) is 2. The van der Waals surface area contributed by atoms with Crippen molar-refractivity contribution in [1.29, 1.82) is 0 Å². The van der Waals surface area contributed by atoms with E-state index in [0.717, 1.165) is 22.3 Å². The molecule has 5 nitrogen and oxygen atoms in total. The lowest BCUT2D eigenvalue weighted by Crippen LogP contribution is -2.25. The zero-order valence-corrected chi connectivity index (χ0v) is 11.4. The smallest absolute Gasteiger partial charge is 0.257 e. The van der Waals surface area contributed by atoms with Gasteiger partial charge in [-0.25, -0.2) is 4.79 Å². The molecule has 4 rings (SSSR count). The molecule has 21 heavy (non-hydrogen) atoms. The Morgan fingerprint density at radius 1 is 1.05 bits per heavy atom. The van der Waals surface area contributed by atoms with E-state index in [1.54, 1.807) is 10.7 Å². The summed E-state index contributed by atoms with van der Waals surface area (Å²) >= 11 is 0. The van der Waals surface area contributed by atoms with Crippen LogP contribution in [0.1, 0.15) is 5.69 Å². The molecule has 1 N–H and O–H groups in total. The highest BCUT2D eigenvalue weighted by atomic mass is 16.1. The van der Waals surface area contributed by atoms with Gasteiger partial charge in [-0.05, 0) is 37.3 Å². The second kappa shape index (κ2) is 4.28. The molecule has 0 fully saturated rings. The second-order valence-electron chi connectivity index (χ2n) is 5.01. The lowest BCUT2D eigenvalue weighted by Gasteiger charge is -1.95. The summed E-state index contributed by atoms with van der Waals surface area (Å²) in [4.78, 5) is 16.8. The van der Waals surface area contributed by atoms with Gasteiger partial charge in [-0.2, -0.15) is 0 Å². The SMILES string of the molecule is Cc1ccc(-n2[nH][n+]3c(ccc4ccccc43)c2=O)cn1. The number of rotatable bonds is 1. The van der Waals surface area contributed by atoms with E-state index in [0.29, 0.717) is 5.52 Å². The van der Waals surface area contributed by atoms with Crippen LogP contribution >= 0.6 is 0 Å². The number of nitrogens with one attached hydrogen (secondary N) is 1. The van der Waals surface area contributed by atoms with Crippen LogP contribution in [-0.4, -0.2) is 14.9 Å². The van der Waals surface area contributed by atoms with Gasteiger partial charge < -0.3 is 0 Å². The summed E-state index contributed by atoms with van der Waals surface area (Å²) in [6.45, 7) is 1.92. The van der Waals surface area contributed by atoms with E-state index >= 15 is 0 Å². The number of pyridine rings is 2. The van der Waals surface area contributed by atoms with Gasteiger partial charge in [0.2, 0.25) is 5.52 Å². The van der Waals surface area contributed by atoms with E-state index in [-0.39, 0.29) is 5.56 Å². The zero-order chi connectivity index (χ0) is 14.4. The van der Waals surface area contributed by atoms with Gasteiger partial charge in [0, 0.05) is 11.1 Å². The second-order valence-corrected chi connectivity index (χ2v) is 5.01. The fraction of sp³-hybridized carbons (Fsp3) is 0.0625. The Labute approximate surface area is 120 Å². The van der Waals surface area contributed by atoms with Crippen LogP contribution < -0.4 is 10.1 Å². The van der Waals surface area contributed by atoms with Crippen molar-refractivity contribution in [2.45, 2.75) is 6.92 Å². The molecule has 0 unspecified atom stereocenters. The molecule has 0 aliphatic heterocycles. The van der Waals surface area contributed by atoms with Crippen molar-refractivity contribution in [3.05, 3.63) is 70.8 Å². The normalized spacial score (nSPS) is 11.3. The third kappa shape index (κ3) is 1.74. The lowest BCUT2D eigenvalue weighted by atomic mass is 10.2. The minimum atomic E-state index is -0.0913. The Morgan fingerprint density at radius 3 is 2.71 bits per heavy atom. The fourth-order valence-electron chi connectivity index (χ4n) is 2.51. The average Bonchev–Trinajstić information content (AvgIpc) is 2.86. The number of aromatic amines is 1. The van der Waals surface area contributed by atoms with Crippen molar-refractivity contribution in [2.75, 3.05) is 0 Å². The van der Waals surface area contributed by atoms with Crippen molar-refractivity contribution in [2.24, 2.45) is 0 Å². The third-order valence-corrected chi connectivity index (χ3v) is 3.62. The van der Waals surface area contributed by atoms with Gasteiger partial charge in [-0.15, -0.1) is 4.52 Å². The molecular formula is C16H13N4O+. The maximum atomic E-state index is 12.5. The van der Waals surface area contributed by atoms with Gasteiger partial charge in [0.25, 0.3) is 0 Å². The first-order valence-corrected chi connectivity index (χ1v) is 6.71. The van der Waals surface area contributed by atoms with E-state index in [1.807, 2.05) is 55.5 Å². The number of fused-ring (bicyclic) bond motifs is 3. The number of benzene rings is 1. The monoisotopic (exact) mass is 277 g/mol. The molecule has 0 saturated heterocycles. The number of nitrogens with zero attached hydrogens (tertiary/aromatic N) is 3. The van der Waals surface area contributed by atoms with Crippen LogP contribution in [0.4, 0.5) is 0 Å². The van der Waals surface area contributed by atoms with Crippen LogP contribution in [0.25, 0.3) is 22.1 Å². The number of aromatic nitrogens is 4. The van der Waals surface area contributed by atoms with E-state index in [2.05, 4.69) is 10.2 Å². The summed E-state index contributed by atoms with van der Waals surface area (Å²) in [5, 5.41) is 4.20. The summed E-state index contributed by atoms with van der Waals surface area (Å²) in [5.74, 6) is 0. The Balaban J connectivity index is 2.07. The predicted molar refractivity (Wildman–Crippen MR) is 79.6 cm³/mol. The van der Waals surface area contributed by atoms with Crippen molar-refractivity contribution in [3.63, 3.8) is 0 Å².